The third-order valence-electron chi connectivity index (χ3n) is 4.78. The highest BCUT2D eigenvalue weighted by Crippen LogP contribution is 2.34. The Hall–Kier alpha value is -5.04. The van der Waals surface area contributed by atoms with Crippen LogP contribution in [0.25, 0.3) is 6.08 Å². The van der Waals surface area contributed by atoms with Crippen LogP contribution in [-0.4, -0.2) is 15.8 Å². The molecule has 0 unspecified atom stereocenters. The predicted octanol–water partition coefficient (Wildman–Crippen LogP) is 5.08. The molecule has 0 saturated carbocycles. The van der Waals surface area contributed by atoms with Gasteiger partial charge in [0.1, 0.15) is 17.4 Å². The summed E-state index contributed by atoms with van der Waals surface area (Å²) < 4.78 is 5.51. The van der Waals surface area contributed by atoms with E-state index in [1.807, 2.05) is 43.3 Å². The van der Waals surface area contributed by atoms with Crippen molar-refractivity contribution in [2.24, 2.45) is 0 Å². The van der Waals surface area contributed by atoms with E-state index in [4.69, 9.17) is 4.74 Å². The molecule has 1 atom stereocenters. The van der Waals surface area contributed by atoms with Crippen molar-refractivity contribution in [1.82, 2.24) is 5.32 Å². The van der Waals surface area contributed by atoms with Crippen LogP contribution in [0.1, 0.15) is 24.1 Å². The number of amides is 1. The van der Waals surface area contributed by atoms with Crippen molar-refractivity contribution in [2.45, 2.75) is 13.0 Å². The van der Waals surface area contributed by atoms with Gasteiger partial charge in [0.25, 0.3) is 11.6 Å². The molecule has 1 N–H and O–H groups in total. The topological polar surface area (TPSA) is 148 Å². The van der Waals surface area contributed by atoms with Gasteiger partial charge < -0.3 is 10.1 Å². The summed E-state index contributed by atoms with van der Waals surface area (Å²) in [6.07, 6.45) is 1.41. The molecule has 0 aliphatic heterocycles. The summed E-state index contributed by atoms with van der Waals surface area (Å²) in [5.74, 6) is -0.457. The first-order valence-electron chi connectivity index (χ1n) is 9.97. The van der Waals surface area contributed by atoms with Gasteiger partial charge in [0.15, 0.2) is 0 Å². The van der Waals surface area contributed by atoms with E-state index in [-0.39, 0.29) is 23.1 Å². The van der Waals surface area contributed by atoms with Crippen LogP contribution >= 0.6 is 0 Å². The van der Waals surface area contributed by atoms with Crippen molar-refractivity contribution in [3.8, 4) is 17.6 Å². The minimum atomic E-state index is -0.770. The van der Waals surface area contributed by atoms with E-state index in [9.17, 15) is 30.3 Å². The summed E-state index contributed by atoms with van der Waals surface area (Å²) in [4.78, 5) is 33.1. The van der Waals surface area contributed by atoms with Crippen molar-refractivity contribution in [1.29, 1.82) is 5.26 Å². The molecule has 10 heteroatoms. The number of benzene rings is 3. The Labute approximate surface area is 194 Å². The maximum Gasteiger partial charge on any atom is 0.318 e. The molecule has 10 nitrogen and oxygen atoms in total. The van der Waals surface area contributed by atoms with E-state index in [0.29, 0.717) is 5.56 Å². The van der Waals surface area contributed by atoms with Crippen LogP contribution in [-0.2, 0) is 4.79 Å². The lowest BCUT2D eigenvalue weighted by molar-refractivity contribution is -0.394. The molecule has 0 aliphatic rings. The molecule has 0 saturated heterocycles. The first-order chi connectivity index (χ1) is 16.3. The van der Waals surface area contributed by atoms with E-state index >= 15 is 0 Å². The number of hydrogen-bond donors (Lipinski definition) is 1. The molecule has 34 heavy (non-hydrogen) atoms. The van der Waals surface area contributed by atoms with E-state index < -0.39 is 27.1 Å². The average molecular weight is 458 g/mol. The normalized spacial score (nSPS) is 11.7. The maximum absolute atomic E-state index is 12.5. The molecule has 0 bridgehead atoms. The van der Waals surface area contributed by atoms with E-state index in [1.54, 1.807) is 12.1 Å². The Morgan fingerprint density at radius 3 is 2.29 bits per heavy atom. The third-order valence-corrected chi connectivity index (χ3v) is 4.78. The Kier molecular flexibility index (Phi) is 7.31. The molecule has 3 aromatic carbocycles. The van der Waals surface area contributed by atoms with Gasteiger partial charge in [0.2, 0.25) is 5.75 Å². The van der Waals surface area contributed by atoms with Crippen LogP contribution in [0.4, 0.5) is 11.4 Å². The van der Waals surface area contributed by atoms with Crippen molar-refractivity contribution >= 4 is 23.4 Å². The van der Waals surface area contributed by atoms with Crippen LogP contribution in [0.15, 0.2) is 78.4 Å². The van der Waals surface area contributed by atoms with Gasteiger partial charge in [-0.2, -0.15) is 5.26 Å². The van der Waals surface area contributed by atoms with Crippen molar-refractivity contribution in [3.63, 3.8) is 0 Å². The minimum absolute atomic E-state index is 0.0949. The van der Waals surface area contributed by atoms with Gasteiger partial charge in [0, 0.05) is 6.07 Å². The lowest BCUT2D eigenvalue weighted by atomic mass is 10.1. The van der Waals surface area contributed by atoms with Crippen LogP contribution in [0.5, 0.6) is 11.5 Å². The highest BCUT2D eigenvalue weighted by atomic mass is 16.6. The minimum Gasteiger partial charge on any atom is -0.450 e. The lowest BCUT2D eigenvalue weighted by Crippen LogP contribution is -2.27. The number of hydrogen-bond acceptors (Lipinski definition) is 7. The zero-order chi connectivity index (χ0) is 24.7. The lowest BCUT2D eigenvalue weighted by Gasteiger charge is -2.13. The molecule has 0 fully saturated rings. The first kappa shape index (κ1) is 23.6. The quantitative estimate of drug-likeness (QED) is 0.214. The molecule has 170 valence electrons. The van der Waals surface area contributed by atoms with E-state index in [1.165, 1.54) is 18.2 Å². The number of nitriles is 1. The first-order valence-corrected chi connectivity index (χ1v) is 9.97. The van der Waals surface area contributed by atoms with Gasteiger partial charge in [-0.1, -0.05) is 42.5 Å². The molecule has 0 aromatic heterocycles. The number of nitrogens with zero attached hydrogens (tertiary/aromatic N) is 3. The monoisotopic (exact) mass is 458 g/mol. The van der Waals surface area contributed by atoms with Crippen molar-refractivity contribution in [2.75, 3.05) is 0 Å². The van der Waals surface area contributed by atoms with Crippen molar-refractivity contribution < 1.29 is 19.4 Å². The number of nitro groups is 2. The second kappa shape index (κ2) is 10.5. The summed E-state index contributed by atoms with van der Waals surface area (Å²) in [5, 5.41) is 34.3. The van der Waals surface area contributed by atoms with Crippen LogP contribution in [0.2, 0.25) is 0 Å². The largest absolute Gasteiger partial charge is 0.450 e. The van der Waals surface area contributed by atoms with Crippen LogP contribution in [0.3, 0.4) is 0 Å². The smallest absolute Gasteiger partial charge is 0.318 e. The highest BCUT2D eigenvalue weighted by Gasteiger charge is 2.21. The third kappa shape index (κ3) is 5.80. The summed E-state index contributed by atoms with van der Waals surface area (Å²) >= 11 is 0. The van der Waals surface area contributed by atoms with Gasteiger partial charge in [0.05, 0.1) is 22.0 Å². The van der Waals surface area contributed by atoms with Gasteiger partial charge in [-0.05, 0) is 42.3 Å². The number of nitro benzene ring substituents is 2. The Bertz CT molecular complexity index is 1300. The van der Waals surface area contributed by atoms with Gasteiger partial charge in [-0.3, -0.25) is 25.0 Å². The van der Waals surface area contributed by atoms with Gasteiger partial charge >= 0.3 is 5.69 Å². The number of rotatable bonds is 8. The summed E-state index contributed by atoms with van der Waals surface area (Å²) in [6, 6.07) is 20.1. The molecular formula is C24H18N4O6. The fraction of sp³-hybridized carbons (Fsp3) is 0.0833. The number of carbonyl (C=O) groups is 1. The highest BCUT2D eigenvalue weighted by molar-refractivity contribution is 6.01. The number of nitrogens with one attached hydrogen (secondary N) is 1. The second-order valence-corrected chi connectivity index (χ2v) is 7.11. The SMILES string of the molecule is C[C@H](NC(=O)/C(C#N)=C\c1ccc(Oc2ccc([N+](=O)[O-])cc2[N+](=O)[O-])cc1)c1ccccc1. The Morgan fingerprint density at radius 1 is 1.03 bits per heavy atom. The van der Waals surface area contributed by atoms with E-state index in [2.05, 4.69) is 5.32 Å². The number of carbonyl (C=O) groups excluding carboxylic acids is 1. The summed E-state index contributed by atoms with van der Waals surface area (Å²) in [7, 11) is 0. The van der Waals surface area contributed by atoms with Crippen LogP contribution < -0.4 is 10.1 Å². The van der Waals surface area contributed by atoms with Gasteiger partial charge in [-0.25, -0.2) is 0 Å². The zero-order valence-electron chi connectivity index (χ0n) is 17.9. The predicted molar refractivity (Wildman–Crippen MR) is 123 cm³/mol. The van der Waals surface area contributed by atoms with Crippen LogP contribution in [0, 0.1) is 31.6 Å². The average Bonchev–Trinajstić information content (AvgIpc) is 2.83. The molecule has 0 spiro atoms. The second-order valence-electron chi connectivity index (χ2n) is 7.11. The molecule has 0 radical (unpaired) electrons. The maximum atomic E-state index is 12.5. The number of ether oxygens (including phenoxy) is 1. The fourth-order valence-corrected chi connectivity index (χ4v) is 3.02. The fourth-order valence-electron chi connectivity index (χ4n) is 3.02. The Balaban J connectivity index is 1.74. The molecule has 3 aromatic rings. The number of non-ortho nitro benzene ring substituents is 1. The standard InChI is InChI=1S/C24H18N4O6/c1-16(18-5-3-2-4-6-18)26-24(29)19(15-25)13-17-7-10-21(11-8-17)34-23-12-9-20(27(30)31)14-22(23)28(32)33/h2-14,16H,1H3,(H,26,29)/b19-13-/t16-/m0/s1. The molecular weight excluding hydrogens is 440 g/mol. The van der Waals surface area contributed by atoms with E-state index in [0.717, 1.165) is 23.8 Å². The van der Waals surface area contributed by atoms with Gasteiger partial charge in [-0.15, -0.1) is 0 Å². The molecule has 1 amide bonds. The summed E-state index contributed by atoms with van der Waals surface area (Å²) in [5.41, 5.74) is 0.361. The summed E-state index contributed by atoms with van der Waals surface area (Å²) in [6.45, 7) is 1.81. The molecule has 0 aliphatic carbocycles. The van der Waals surface area contributed by atoms with Crippen molar-refractivity contribution in [3.05, 3.63) is 110 Å². The Morgan fingerprint density at radius 2 is 1.71 bits per heavy atom. The molecule has 3 rings (SSSR count). The zero-order valence-corrected chi connectivity index (χ0v) is 17.9. The molecule has 0 heterocycles.